The van der Waals surface area contributed by atoms with Crippen molar-refractivity contribution >= 4 is 22.6 Å². The number of nitrogens with one attached hydrogen (secondary N) is 2. The molecule has 1 saturated heterocycles. The predicted molar refractivity (Wildman–Crippen MR) is 104 cm³/mol. The van der Waals surface area contributed by atoms with Gasteiger partial charge in [-0.25, -0.2) is 27.5 Å². The zero-order valence-corrected chi connectivity index (χ0v) is 16.2. The molecule has 2 N–H and O–H groups in total. The molecule has 0 aliphatic carbocycles. The second kappa shape index (κ2) is 7.56. The fraction of sp³-hybridized carbons (Fsp3) is 0.400. The average molecular weight is 434 g/mol. The Hall–Kier alpha value is -3.08. The molecule has 0 spiro atoms. The van der Waals surface area contributed by atoms with Gasteiger partial charge < -0.3 is 10.6 Å². The van der Waals surface area contributed by atoms with Crippen molar-refractivity contribution in [3.8, 4) is 11.4 Å². The Bertz CT molecular complexity index is 1170. The van der Waals surface area contributed by atoms with Gasteiger partial charge in [-0.3, -0.25) is 9.48 Å². The molecule has 0 radical (unpaired) electrons. The summed E-state index contributed by atoms with van der Waals surface area (Å²) in [5, 5.41) is 10.3. The van der Waals surface area contributed by atoms with Crippen LogP contribution in [0.25, 0.3) is 22.3 Å². The monoisotopic (exact) mass is 434 g/mol. The summed E-state index contributed by atoms with van der Waals surface area (Å²) < 4.78 is 57.9. The number of amides is 1. The van der Waals surface area contributed by atoms with Crippen molar-refractivity contribution in [1.29, 1.82) is 0 Å². The molecule has 5 rings (SSSR count). The first-order chi connectivity index (χ1) is 14.9. The van der Waals surface area contributed by atoms with Gasteiger partial charge in [0.25, 0.3) is 0 Å². The number of benzene rings is 1. The molecule has 3 atom stereocenters. The third-order valence-electron chi connectivity index (χ3n) is 5.80. The molecule has 2 aliphatic heterocycles. The molecule has 1 aromatic carbocycles. The van der Waals surface area contributed by atoms with Crippen LogP contribution in [0.3, 0.4) is 0 Å². The van der Waals surface area contributed by atoms with Crippen LogP contribution in [0.15, 0.2) is 24.5 Å². The first-order valence-corrected chi connectivity index (χ1v) is 9.90. The van der Waals surface area contributed by atoms with E-state index in [-0.39, 0.29) is 29.3 Å². The van der Waals surface area contributed by atoms with Crippen molar-refractivity contribution in [2.24, 2.45) is 0 Å². The number of hydrogen-bond acceptors (Lipinski definition) is 5. The van der Waals surface area contributed by atoms with Gasteiger partial charge in [-0.15, -0.1) is 0 Å². The Morgan fingerprint density at radius 1 is 1.19 bits per heavy atom. The topological polar surface area (TPSA) is 84.7 Å². The van der Waals surface area contributed by atoms with E-state index in [4.69, 9.17) is 0 Å². The fourth-order valence-corrected chi connectivity index (χ4v) is 4.36. The lowest BCUT2D eigenvalue weighted by Crippen LogP contribution is -2.39. The Morgan fingerprint density at radius 3 is 2.81 bits per heavy atom. The molecular formula is C20H18F4N6O. The number of hydrogen-bond donors (Lipinski definition) is 2. The fourth-order valence-electron chi connectivity index (χ4n) is 4.36. The van der Waals surface area contributed by atoms with E-state index in [2.05, 4.69) is 25.7 Å². The summed E-state index contributed by atoms with van der Waals surface area (Å²) in [5.41, 5.74) is 0.761. The largest absolute Gasteiger partial charge is 0.314 e. The molecule has 7 nitrogen and oxygen atoms in total. The van der Waals surface area contributed by atoms with E-state index in [0.717, 1.165) is 6.33 Å². The van der Waals surface area contributed by atoms with Crippen molar-refractivity contribution in [1.82, 2.24) is 25.1 Å². The quantitative estimate of drug-likeness (QED) is 0.619. The molecule has 1 fully saturated rings. The highest BCUT2D eigenvalue weighted by Crippen LogP contribution is 2.42. The number of carbonyl (C=O) groups excluding carboxylic acids is 1. The number of halogens is 4. The van der Waals surface area contributed by atoms with Crippen LogP contribution in [-0.2, 0) is 4.79 Å². The number of piperidine rings is 1. The molecule has 2 aliphatic rings. The Kier molecular flexibility index (Phi) is 4.84. The lowest BCUT2D eigenvalue weighted by Gasteiger charge is -2.27. The number of anilines is 1. The molecule has 1 amide bonds. The molecule has 0 unspecified atom stereocenters. The van der Waals surface area contributed by atoms with E-state index in [0.29, 0.717) is 23.9 Å². The smallest absolute Gasteiger partial charge is 0.246 e. The Balaban J connectivity index is 1.74. The molecule has 4 heterocycles. The molecule has 3 aromatic rings. The highest BCUT2D eigenvalue weighted by Gasteiger charge is 2.37. The number of fused-ring (bicyclic) bond motifs is 2. The minimum Gasteiger partial charge on any atom is -0.314 e. The number of alkyl halides is 3. The van der Waals surface area contributed by atoms with E-state index in [1.165, 1.54) is 22.9 Å². The van der Waals surface area contributed by atoms with Gasteiger partial charge in [0.1, 0.15) is 35.5 Å². The molecule has 11 heteroatoms. The van der Waals surface area contributed by atoms with Gasteiger partial charge in [0, 0.05) is 23.9 Å². The third-order valence-corrected chi connectivity index (χ3v) is 5.80. The van der Waals surface area contributed by atoms with Gasteiger partial charge in [-0.2, -0.15) is 5.10 Å². The molecule has 0 bridgehead atoms. The summed E-state index contributed by atoms with van der Waals surface area (Å²) in [6, 6.07) is 3.38. The minimum atomic E-state index is -2.83. The lowest BCUT2D eigenvalue weighted by atomic mass is 9.90. The minimum absolute atomic E-state index is 0.0177. The van der Waals surface area contributed by atoms with Crippen LogP contribution >= 0.6 is 0 Å². The molecule has 31 heavy (non-hydrogen) atoms. The summed E-state index contributed by atoms with van der Waals surface area (Å²) in [4.78, 5) is 20.0. The van der Waals surface area contributed by atoms with E-state index in [9.17, 15) is 22.4 Å². The normalized spacial score (nSPS) is 23.8. The summed E-state index contributed by atoms with van der Waals surface area (Å²) in [6.45, 7) is 0.746. The van der Waals surface area contributed by atoms with Crippen molar-refractivity contribution in [3.05, 3.63) is 35.9 Å². The SMILES string of the molecule is O=C1C[C@@H](C(F)F)c2c(ncnc2-c2nn([C@H]3CCNC[C@H]3F)c3ccc(F)cc23)N1. The van der Waals surface area contributed by atoms with Crippen LogP contribution in [0.4, 0.5) is 23.4 Å². The standard InChI is InChI=1S/C20H18F4N6O/c21-9-1-2-13-10(5-9)17(29-30(13)14-3-4-25-7-12(14)22)18-16-11(19(23)24)6-15(31)28-20(16)27-8-26-18/h1-2,5,8,11-12,14,19,25H,3-4,6-7H2,(H,26,27,28,31)/t11-,12-,14+/m1/s1. The van der Waals surface area contributed by atoms with Crippen molar-refractivity contribution in [2.75, 3.05) is 18.4 Å². The predicted octanol–water partition coefficient (Wildman–Crippen LogP) is 3.20. The number of aromatic nitrogens is 4. The average Bonchev–Trinajstić information content (AvgIpc) is 3.11. The highest BCUT2D eigenvalue weighted by atomic mass is 19.3. The van der Waals surface area contributed by atoms with Crippen LogP contribution in [0.1, 0.15) is 30.4 Å². The van der Waals surface area contributed by atoms with E-state index in [1.807, 2.05) is 0 Å². The van der Waals surface area contributed by atoms with Gasteiger partial charge in [-0.1, -0.05) is 0 Å². The van der Waals surface area contributed by atoms with E-state index in [1.54, 1.807) is 0 Å². The second-order valence-electron chi connectivity index (χ2n) is 7.71. The number of carbonyl (C=O) groups is 1. The molecular weight excluding hydrogens is 416 g/mol. The van der Waals surface area contributed by atoms with Gasteiger partial charge in [0.15, 0.2) is 0 Å². The summed E-state index contributed by atoms with van der Waals surface area (Å²) in [6.07, 6.45) is -2.89. The summed E-state index contributed by atoms with van der Waals surface area (Å²) in [7, 11) is 0. The van der Waals surface area contributed by atoms with Crippen molar-refractivity contribution < 1.29 is 22.4 Å². The second-order valence-corrected chi connectivity index (χ2v) is 7.71. The van der Waals surface area contributed by atoms with Crippen molar-refractivity contribution in [2.45, 2.75) is 37.4 Å². The van der Waals surface area contributed by atoms with Gasteiger partial charge in [0.05, 0.1) is 17.5 Å². The van der Waals surface area contributed by atoms with Crippen LogP contribution in [-0.4, -0.2) is 51.3 Å². The van der Waals surface area contributed by atoms with Crippen LogP contribution in [0.2, 0.25) is 0 Å². The first kappa shape index (κ1) is 19.9. The summed E-state index contributed by atoms with van der Waals surface area (Å²) in [5.74, 6) is -2.56. The third kappa shape index (κ3) is 3.32. The zero-order chi connectivity index (χ0) is 21.7. The van der Waals surface area contributed by atoms with Crippen LogP contribution in [0.5, 0.6) is 0 Å². The Labute approximate surface area is 173 Å². The molecule has 2 aromatic heterocycles. The van der Waals surface area contributed by atoms with Crippen molar-refractivity contribution in [3.63, 3.8) is 0 Å². The zero-order valence-electron chi connectivity index (χ0n) is 16.2. The van der Waals surface area contributed by atoms with E-state index < -0.39 is 42.7 Å². The Morgan fingerprint density at radius 2 is 2.03 bits per heavy atom. The van der Waals surface area contributed by atoms with E-state index >= 15 is 0 Å². The maximum atomic E-state index is 14.7. The first-order valence-electron chi connectivity index (χ1n) is 9.90. The molecule has 162 valence electrons. The highest BCUT2D eigenvalue weighted by molar-refractivity contribution is 5.98. The maximum Gasteiger partial charge on any atom is 0.246 e. The summed E-state index contributed by atoms with van der Waals surface area (Å²) >= 11 is 0. The maximum absolute atomic E-state index is 14.7. The van der Waals surface area contributed by atoms with Gasteiger partial charge in [0.2, 0.25) is 12.3 Å². The van der Waals surface area contributed by atoms with Crippen LogP contribution < -0.4 is 10.6 Å². The number of rotatable bonds is 3. The van der Waals surface area contributed by atoms with Crippen LogP contribution in [0, 0.1) is 5.82 Å². The van der Waals surface area contributed by atoms with Gasteiger partial charge >= 0.3 is 0 Å². The number of nitrogens with zero attached hydrogens (tertiary/aromatic N) is 4. The molecule has 0 saturated carbocycles. The lowest BCUT2D eigenvalue weighted by molar-refractivity contribution is -0.117. The van der Waals surface area contributed by atoms with Gasteiger partial charge in [-0.05, 0) is 31.2 Å².